The zero-order valence-corrected chi connectivity index (χ0v) is 11.9. The Balaban J connectivity index is 2.02. The molecule has 0 spiro atoms. The van der Waals surface area contributed by atoms with Crippen LogP contribution >= 0.6 is 11.3 Å². The summed E-state index contributed by atoms with van der Waals surface area (Å²) >= 11 is 1.91. The van der Waals surface area contributed by atoms with Crippen molar-refractivity contribution in [1.29, 1.82) is 0 Å². The third-order valence-electron chi connectivity index (χ3n) is 4.13. The minimum absolute atomic E-state index is 0.484. The fourth-order valence-corrected chi connectivity index (χ4v) is 3.40. The van der Waals surface area contributed by atoms with Gasteiger partial charge in [0.05, 0.1) is 0 Å². The zero-order chi connectivity index (χ0) is 11.9. The Labute approximate surface area is 103 Å². The van der Waals surface area contributed by atoms with Crippen LogP contribution in [0.1, 0.15) is 55.0 Å². The van der Waals surface area contributed by atoms with Gasteiger partial charge in [-0.15, -0.1) is 11.3 Å². The van der Waals surface area contributed by atoms with Gasteiger partial charge in [0.1, 0.15) is 0 Å². The van der Waals surface area contributed by atoms with Crippen LogP contribution in [-0.2, 0) is 0 Å². The predicted molar refractivity (Wildman–Crippen MR) is 72.1 cm³/mol. The Bertz CT molecular complexity index is 376. The summed E-state index contributed by atoms with van der Waals surface area (Å²) in [7, 11) is 0. The first kappa shape index (κ1) is 12.1. The maximum atomic E-state index is 3.76. The van der Waals surface area contributed by atoms with Crippen molar-refractivity contribution in [2.45, 2.75) is 59.5 Å². The predicted octanol–water partition coefficient (Wildman–Crippen LogP) is 4.20. The van der Waals surface area contributed by atoms with Crippen molar-refractivity contribution >= 4 is 11.3 Å². The van der Waals surface area contributed by atoms with Gasteiger partial charge >= 0.3 is 0 Å². The molecule has 90 valence electrons. The van der Waals surface area contributed by atoms with E-state index in [1.54, 1.807) is 0 Å². The van der Waals surface area contributed by atoms with Crippen LogP contribution in [0.5, 0.6) is 0 Å². The van der Waals surface area contributed by atoms with E-state index in [0.717, 1.165) is 0 Å². The Morgan fingerprint density at radius 3 is 2.38 bits per heavy atom. The van der Waals surface area contributed by atoms with Crippen LogP contribution in [0.3, 0.4) is 0 Å². The third kappa shape index (κ3) is 2.33. The van der Waals surface area contributed by atoms with Crippen LogP contribution in [0.25, 0.3) is 0 Å². The van der Waals surface area contributed by atoms with Gasteiger partial charge in [0.2, 0.25) is 0 Å². The maximum absolute atomic E-state index is 3.76. The lowest BCUT2D eigenvalue weighted by Gasteiger charge is -2.25. The first-order chi connectivity index (χ1) is 7.42. The van der Waals surface area contributed by atoms with E-state index in [0.29, 0.717) is 17.5 Å². The first-order valence-electron chi connectivity index (χ1n) is 6.25. The standard InChI is InChI=1S/C14H23NS/c1-9-8-13(11(3)16-9)10(2)15-12(4)14(5)6-7-14/h8,10,12,15H,6-7H2,1-5H3. The molecule has 1 fully saturated rings. The lowest BCUT2D eigenvalue weighted by Crippen LogP contribution is -2.35. The van der Waals surface area contributed by atoms with Crippen molar-refractivity contribution in [3.63, 3.8) is 0 Å². The highest BCUT2D eigenvalue weighted by Crippen LogP contribution is 2.48. The average Bonchev–Trinajstić information content (AvgIpc) is 2.85. The van der Waals surface area contributed by atoms with E-state index >= 15 is 0 Å². The minimum atomic E-state index is 0.484. The average molecular weight is 237 g/mol. The summed E-state index contributed by atoms with van der Waals surface area (Å²) in [6, 6.07) is 3.44. The number of thiophene rings is 1. The van der Waals surface area contributed by atoms with Gasteiger partial charge in [-0.2, -0.15) is 0 Å². The summed E-state index contributed by atoms with van der Waals surface area (Å²) in [6.07, 6.45) is 2.77. The van der Waals surface area contributed by atoms with E-state index in [2.05, 4.69) is 46.0 Å². The molecule has 16 heavy (non-hydrogen) atoms. The van der Waals surface area contributed by atoms with E-state index < -0.39 is 0 Å². The SMILES string of the molecule is Cc1cc(C(C)NC(C)C2(C)CC2)c(C)s1. The molecular weight excluding hydrogens is 214 g/mol. The van der Waals surface area contributed by atoms with Gasteiger partial charge in [-0.1, -0.05) is 6.92 Å². The van der Waals surface area contributed by atoms with E-state index in [1.165, 1.54) is 28.2 Å². The normalized spacial score (nSPS) is 21.8. The summed E-state index contributed by atoms with van der Waals surface area (Å²) in [5.74, 6) is 0. The van der Waals surface area contributed by atoms with E-state index in [4.69, 9.17) is 0 Å². The largest absolute Gasteiger partial charge is 0.307 e. The van der Waals surface area contributed by atoms with Gasteiger partial charge in [-0.05, 0) is 57.6 Å². The van der Waals surface area contributed by atoms with Gasteiger partial charge in [0, 0.05) is 21.8 Å². The smallest absolute Gasteiger partial charge is 0.0305 e. The van der Waals surface area contributed by atoms with E-state index in [9.17, 15) is 0 Å². The van der Waals surface area contributed by atoms with Gasteiger partial charge in [0.25, 0.3) is 0 Å². The molecule has 1 aromatic heterocycles. The summed E-state index contributed by atoms with van der Waals surface area (Å²) in [6.45, 7) is 11.4. The highest BCUT2D eigenvalue weighted by atomic mass is 32.1. The van der Waals surface area contributed by atoms with E-state index in [1.807, 2.05) is 11.3 Å². The molecule has 2 heteroatoms. The van der Waals surface area contributed by atoms with Crippen molar-refractivity contribution in [3.8, 4) is 0 Å². The Hall–Kier alpha value is -0.340. The minimum Gasteiger partial charge on any atom is -0.307 e. The molecule has 0 saturated heterocycles. The second-order valence-corrected chi connectivity index (χ2v) is 7.09. The molecule has 1 aromatic rings. The van der Waals surface area contributed by atoms with Gasteiger partial charge < -0.3 is 5.32 Å². The molecule has 2 rings (SSSR count). The third-order valence-corrected chi connectivity index (χ3v) is 5.11. The van der Waals surface area contributed by atoms with Crippen molar-refractivity contribution in [2.24, 2.45) is 5.41 Å². The van der Waals surface area contributed by atoms with Gasteiger partial charge in [-0.25, -0.2) is 0 Å². The molecule has 0 radical (unpaired) electrons. The number of aryl methyl sites for hydroxylation is 2. The summed E-state index contributed by atoms with van der Waals surface area (Å²) < 4.78 is 0. The van der Waals surface area contributed by atoms with E-state index in [-0.39, 0.29) is 0 Å². The molecule has 1 N–H and O–H groups in total. The molecule has 1 nitrogen and oxygen atoms in total. The van der Waals surface area contributed by atoms with Crippen molar-refractivity contribution in [3.05, 3.63) is 21.4 Å². The second kappa shape index (κ2) is 4.15. The summed E-state index contributed by atoms with van der Waals surface area (Å²) in [5.41, 5.74) is 2.05. The lowest BCUT2D eigenvalue weighted by atomic mass is 9.98. The monoisotopic (exact) mass is 237 g/mol. The highest BCUT2D eigenvalue weighted by molar-refractivity contribution is 7.12. The topological polar surface area (TPSA) is 12.0 Å². The second-order valence-electron chi connectivity index (χ2n) is 5.63. The molecule has 1 heterocycles. The molecule has 0 aliphatic heterocycles. The van der Waals surface area contributed by atoms with Gasteiger partial charge in [0.15, 0.2) is 0 Å². The van der Waals surface area contributed by atoms with Gasteiger partial charge in [-0.3, -0.25) is 0 Å². The zero-order valence-electron chi connectivity index (χ0n) is 11.1. The van der Waals surface area contributed by atoms with Crippen molar-refractivity contribution in [2.75, 3.05) is 0 Å². The Morgan fingerprint density at radius 1 is 1.31 bits per heavy atom. The van der Waals surface area contributed by atoms with Crippen LogP contribution in [0.4, 0.5) is 0 Å². The molecule has 0 aromatic carbocycles. The fraction of sp³-hybridized carbons (Fsp3) is 0.714. The molecule has 0 amide bonds. The molecule has 1 saturated carbocycles. The number of hydrogen-bond donors (Lipinski definition) is 1. The number of nitrogens with one attached hydrogen (secondary N) is 1. The van der Waals surface area contributed by atoms with Crippen LogP contribution in [-0.4, -0.2) is 6.04 Å². The fourth-order valence-electron chi connectivity index (χ4n) is 2.38. The lowest BCUT2D eigenvalue weighted by molar-refractivity contribution is 0.350. The first-order valence-corrected chi connectivity index (χ1v) is 7.07. The number of hydrogen-bond acceptors (Lipinski definition) is 2. The maximum Gasteiger partial charge on any atom is 0.0305 e. The molecule has 2 unspecified atom stereocenters. The summed E-state index contributed by atoms with van der Waals surface area (Å²) in [4.78, 5) is 2.89. The van der Waals surface area contributed by atoms with Crippen LogP contribution in [0, 0.1) is 19.3 Å². The molecule has 1 aliphatic rings. The van der Waals surface area contributed by atoms with Crippen molar-refractivity contribution < 1.29 is 0 Å². The Morgan fingerprint density at radius 2 is 1.94 bits per heavy atom. The van der Waals surface area contributed by atoms with Crippen LogP contribution in [0.15, 0.2) is 6.07 Å². The quantitative estimate of drug-likeness (QED) is 0.827. The molecule has 2 atom stereocenters. The molecular formula is C14H23NS. The molecule has 0 bridgehead atoms. The van der Waals surface area contributed by atoms with Crippen LogP contribution < -0.4 is 5.32 Å². The summed E-state index contributed by atoms with van der Waals surface area (Å²) in [5, 5.41) is 3.76. The Kier molecular flexibility index (Phi) is 3.15. The van der Waals surface area contributed by atoms with Crippen LogP contribution in [0.2, 0.25) is 0 Å². The van der Waals surface area contributed by atoms with Crippen molar-refractivity contribution in [1.82, 2.24) is 5.32 Å². The highest BCUT2D eigenvalue weighted by Gasteiger charge is 2.42. The number of rotatable bonds is 4. The molecule has 1 aliphatic carbocycles.